The summed E-state index contributed by atoms with van der Waals surface area (Å²) < 4.78 is 49.8. The van der Waals surface area contributed by atoms with Crippen LogP contribution in [0.25, 0.3) is 0 Å². The molecule has 0 heterocycles. The highest BCUT2D eigenvalue weighted by Crippen LogP contribution is 2.36. The van der Waals surface area contributed by atoms with E-state index >= 15 is 0 Å². The molecule has 0 aliphatic carbocycles. The van der Waals surface area contributed by atoms with Crippen LogP contribution in [0.1, 0.15) is 11.1 Å². The Balaban J connectivity index is 3.40. The second-order valence-corrected chi connectivity index (χ2v) is 3.26. The van der Waals surface area contributed by atoms with Crippen molar-refractivity contribution >= 4 is 23.2 Å². The minimum absolute atomic E-state index is 0.105. The lowest BCUT2D eigenvalue weighted by molar-refractivity contribution is -0.140. The average Bonchev–Trinajstić information content (AvgIpc) is 1.99. The quantitative estimate of drug-likeness (QED) is 0.514. The molecular weight excluding hydrogens is 243 g/mol. The molecular formula is C8H4Cl2F4. The predicted octanol–water partition coefficient (Wildman–Crippen LogP) is 4.24. The molecule has 0 aromatic heterocycles. The van der Waals surface area contributed by atoms with Crippen LogP contribution < -0.4 is 0 Å². The summed E-state index contributed by atoms with van der Waals surface area (Å²) in [7, 11) is 0. The van der Waals surface area contributed by atoms with Crippen molar-refractivity contribution < 1.29 is 17.6 Å². The molecule has 0 bridgehead atoms. The Bertz CT molecular complexity index is 346. The van der Waals surface area contributed by atoms with E-state index in [1.807, 2.05) is 0 Å². The minimum Gasteiger partial charge on any atom is -0.206 e. The number of rotatable bonds is 1. The third-order valence-electron chi connectivity index (χ3n) is 1.56. The van der Waals surface area contributed by atoms with E-state index in [0.29, 0.717) is 6.07 Å². The Morgan fingerprint density at radius 1 is 1.21 bits per heavy atom. The molecule has 0 saturated carbocycles. The van der Waals surface area contributed by atoms with Crippen molar-refractivity contribution in [3.05, 3.63) is 34.1 Å². The first-order valence-corrected chi connectivity index (χ1v) is 4.38. The van der Waals surface area contributed by atoms with Crippen molar-refractivity contribution in [3.8, 4) is 0 Å². The highest BCUT2D eigenvalue weighted by atomic mass is 35.5. The standard InChI is InChI=1S/C8H4Cl2F4/c9-3-4-1-5(10)2-6(11)7(4)8(12,13)14/h1-2H,3H2. The largest absolute Gasteiger partial charge is 0.419 e. The normalized spacial score (nSPS) is 11.9. The molecule has 1 aromatic carbocycles. The third-order valence-corrected chi connectivity index (χ3v) is 2.07. The van der Waals surface area contributed by atoms with Gasteiger partial charge in [-0.2, -0.15) is 13.2 Å². The van der Waals surface area contributed by atoms with Crippen LogP contribution in [-0.2, 0) is 12.1 Å². The van der Waals surface area contributed by atoms with Crippen LogP contribution >= 0.6 is 23.2 Å². The SMILES string of the molecule is Fc1cc(Cl)cc(CCl)c1C(F)(F)F. The first-order valence-electron chi connectivity index (χ1n) is 3.47. The van der Waals surface area contributed by atoms with Gasteiger partial charge in [0, 0.05) is 10.9 Å². The maximum absolute atomic E-state index is 12.9. The van der Waals surface area contributed by atoms with Crippen molar-refractivity contribution in [2.45, 2.75) is 12.1 Å². The predicted molar refractivity (Wildman–Crippen MR) is 46.0 cm³/mol. The molecule has 0 aliphatic heterocycles. The summed E-state index contributed by atoms with van der Waals surface area (Å²) >= 11 is 10.6. The van der Waals surface area contributed by atoms with E-state index in [1.165, 1.54) is 0 Å². The van der Waals surface area contributed by atoms with Crippen LogP contribution in [0.5, 0.6) is 0 Å². The lowest BCUT2D eigenvalue weighted by Crippen LogP contribution is -2.11. The molecule has 0 nitrogen and oxygen atoms in total. The van der Waals surface area contributed by atoms with E-state index in [1.54, 1.807) is 0 Å². The molecule has 0 N–H and O–H groups in total. The molecule has 0 saturated heterocycles. The van der Waals surface area contributed by atoms with Crippen LogP contribution in [0.2, 0.25) is 5.02 Å². The van der Waals surface area contributed by atoms with Crippen molar-refractivity contribution in [3.63, 3.8) is 0 Å². The second kappa shape index (κ2) is 3.95. The molecule has 0 fully saturated rings. The van der Waals surface area contributed by atoms with E-state index in [0.717, 1.165) is 6.07 Å². The second-order valence-electron chi connectivity index (χ2n) is 2.55. The van der Waals surface area contributed by atoms with Crippen LogP contribution in [0, 0.1) is 5.82 Å². The van der Waals surface area contributed by atoms with Crippen molar-refractivity contribution in [1.82, 2.24) is 0 Å². The molecule has 78 valence electrons. The number of alkyl halides is 4. The lowest BCUT2D eigenvalue weighted by Gasteiger charge is -2.12. The van der Waals surface area contributed by atoms with Gasteiger partial charge in [-0.1, -0.05) is 11.6 Å². The van der Waals surface area contributed by atoms with Gasteiger partial charge in [0.25, 0.3) is 0 Å². The summed E-state index contributed by atoms with van der Waals surface area (Å²) in [5.41, 5.74) is -1.71. The molecule has 1 rings (SSSR count). The molecule has 6 heteroatoms. The van der Waals surface area contributed by atoms with E-state index < -0.39 is 23.4 Å². The maximum atomic E-state index is 12.9. The Morgan fingerprint density at radius 2 is 1.79 bits per heavy atom. The fourth-order valence-corrected chi connectivity index (χ4v) is 1.49. The number of halogens is 6. The highest BCUT2D eigenvalue weighted by molar-refractivity contribution is 6.30. The third kappa shape index (κ3) is 2.30. The van der Waals surface area contributed by atoms with Crippen molar-refractivity contribution in [2.75, 3.05) is 0 Å². The number of hydrogen-bond acceptors (Lipinski definition) is 0. The van der Waals surface area contributed by atoms with E-state index in [4.69, 9.17) is 23.2 Å². The summed E-state index contributed by atoms with van der Waals surface area (Å²) in [6, 6.07) is 1.61. The van der Waals surface area contributed by atoms with Gasteiger partial charge in [0.2, 0.25) is 0 Å². The average molecular weight is 247 g/mol. The molecule has 0 amide bonds. The Morgan fingerprint density at radius 3 is 2.21 bits per heavy atom. The first-order chi connectivity index (χ1) is 6.36. The zero-order valence-electron chi connectivity index (χ0n) is 6.63. The maximum Gasteiger partial charge on any atom is 0.419 e. The monoisotopic (exact) mass is 246 g/mol. The van der Waals surface area contributed by atoms with Crippen LogP contribution in [0.3, 0.4) is 0 Å². The summed E-state index contributed by atoms with van der Waals surface area (Å²) in [6.07, 6.45) is -4.75. The summed E-state index contributed by atoms with van der Waals surface area (Å²) in [5, 5.41) is -0.105. The topological polar surface area (TPSA) is 0 Å². The van der Waals surface area contributed by atoms with Gasteiger partial charge in [0.1, 0.15) is 5.82 Å². The van der Waals surface area contributed by atoms with Gasteiger partial charge in [-0.25, -0.2) is 4.39 Å². The zero-order chi connectivity index (χ0) is 10.9. The number of hydrogen-bond donors (Lipinski definition) is 0. The van der Waals surface area contributed by atoms with Gasteiger partial charge in [0.05, 0.1) is 5.56 Å². The van der Waals surface area contributed by atoms with Crippen LogP contribution in [0.4, 0.5) is 17.6 Å². The van der Waals surface area contributed by atoms with Gasteiger partial charge in [0.15, 0.2) is 0 Å². The molecule has 0 atom stereocenters. The van der Waals surface area contributed by atoms with Crippen molar-refractivity contribution in [2.24, 2.45) is 0 Å². The molecule has 0 unspecified atom stereocenters. The van der Waals surface area contributed by atoms with Crippen LogP contribution in [-0.4, -0.2) is 0 Å². The first kappa shape index (κ1) is 11.6. The van der Waals surface area contributed by atoms with Gasteiger partial charge in [-0.05, 0) is 17.7 Å². The van der Waals surface area contributed by atoms with Gasteiger partial charge in [-0.15, -0.1) is 11.6 Å². The summed E-state index contributed by atoms with van der Waals surface area (Å²) in [5.74, 6) is -1.84. The fraction of sp³-hybridized carbons (Fsp3) is 0.250. The van der Waals surface area contributed by atoms with E-state index in [-0.39, 0.29) is 10.6 Å². The molecule has 0 spiro atoms. The zero-order valence-corrected chi connectivity index (χ0v) is 8.14. The molecule has 0 aliphatic rings. The van der Waals surface area contributed by atoms with E-state index in [2.05, 4.69) is 0 Å². The Hall–Kier alpha value is -0.480. The highest BCUT2D eigenvalue weighted by Gasteiger charge is 2.36. The lowest BCUT2D eigenvalue weighted by atomic mass is 10.1. The van der Waals surface area contributed by atoms with Gasteiger partial charge < -0.3 is 0 Å². The van der Waals surface area contributed by atoms with Gasteiger partial charge in [-0.3, -0.25) is 0 Å². The van der Waals surface area contributed by atoms with Crippen LogP contribution in [0.15, 0.2) is 12.1 Å². The summed E-state index contributed by atoms with van der Waals surface area (Å²) in [6.45, 7) is 0. The summed E-state index contributed by atoms with van der Waals surface area (Å²) in [4.78, 5) is 0. The van der Waals surface area contributed by atoms with Crippen molar-refractivity contribution in [1.29, 1.82) is 0 Å². The minimum atomic E-state index is -4.75. The fourth-order valence-electron chi connectivity index (χ4n) is 1.05. The number of benzene rings is 1. The molecule has 1 aromatic rings. The Labute approximate surface area is 87.4 Å². The van der Waals surface area contributed by atoms with E-state index in [9.17, 15) is 17.6 Å². The molecule has 0 radical (unpaired) electrons. The molecule has 14 heavy (non-hydrogen) atoms. The Kier molecular flexibility index (Phi) is 3.27. The smallest absolute Gasteiger partial charge is 0.206 e. The van der Waals surface area contributed by atoms with Gasteiger partial charge >= 0.3 is 6.18 Å².